The van der Waals surface area contributed by atoms with Crippen LogP contribution in [0.1, 0.15) is 34.6 Å². The molecule has 0 aromatic rings. The number of nitrogens with two attached hydrogens (primary N) is 2. The maximum atomic E-state index is 11.4. The lowest BCUT2D eigenvalue weighted by Gasteiger charge is -2.65. The van der Waals surface area contributed by atoms with Crippen molar-refractivity contribution in [2.45, 2.75) is 193 Å². The summed E-state index contributed by atoms with van der Waals surface area (Å²) in [4.78, 5) is 0. The molecule has 24 heteroatoms. The fourth-order valence-electron chi connectivity index (χ4n) is 8.43. The second kappa shape index (κ2) is 18.3. The zero-order chi connectivity index (χ0) is 43.6. The normalized spacial score (nSPS) is 54.7. The molecule has 16 unspecified atom stereocenters. The Morgan fingerprint density at radius 2 is 1.12 bits per heavy atom. The van der Waals surface area contributed by atoms with Crippen molar-refractivity contribution in [3.8, 4) is 0 Å². The topological polar surface area (TPSA) is 387 Å². The van der Waals surface area contributed by atoms with Crippen LogP contribution in [0.4, 0.5) is 0 Å². The van der Waals surface area contributed by atoms with Crippen LogP contribution in [0.2, 0.25) is 0 Å². The van der Waals surface area contributed by atoms with E-state index >= 15 is 0 Å². The van der Waals surface area contributed by atoms with E-state index in [0.717, 1.165) is 0 Å². The van der Waals surface area contributed by atoms with E-state index in [0.29, 0.717) is 0 Å². The SMILES string of the molecule is CC1O[C@H](C2(O[C@@H]3OC(CO)C(O)[C@H](O)C3OC3OC(C)[C@H](O)C(O)[C@@H]3O)O[C@@H]3C(N)[C@H](OCC4O[C@@H](OC(C)(C)C)C(N)[C@@H](O)C4O)OC(CO)C32)C(O)[C@H](O)C1O. The molecule has 0 aromatic heterocycles. The molecule has 59 heavy (non-hydrogen) atoms. The van der Waals surface area contributed by atoms with E-state index in [2.05, 4.69) is 0 Å². The van der Waals surface area contributed by atoms with Crippen LogP contribution in [0.5, 0.6) is 0 Å². The smallest absolute Gasteiger partial charge is 0.208 e. The van der Waals surface area contributed by atoms with E-state index < -0.39 is 184 Å². The quantitative estimate of drug-likeness (QED) is 0.0917. The molecule has 0 amide bonds. The first kappa shape index (κ1) is 47.5. The maximum absolute atomic E-state index is 11.4. The van der Waals surface area contributed by atoms with Gasteiger partial charge < -0.3 is 120 Å². The Balaban J connectivity index is 1.28. The number of fused-ring (bicyclic) bond motifs is 1. The molecule has 0 aliphatic carbocycles. The van der Waals surface area contributed by atoms with Crippen LogP contribution in [0.25, 0.3) is 0 Å². The zero-order valence-corrected chi connectivity index (χ0v) is 33.2. The van der Waals surface area contributed by atoms with Gasteiger partial charge in [-0.05, 0) is 34.6 Å². The maximum Gasteiger partial charge on any atom is 0.208 e. The van der Waals surface area contributed by atoms with Gasteiger partial charge in [0.2, 0.25) is 5.79 Å². The van der Waals surface area contributed by atoms with Gasteiger partial charge in [-0.25, -0.2) is 0 Å². The number of rotatable bonds is 11. The number of aliphatic hydroxyl groups is 12. The monoisotopic (exact) mass is 862 g/mol. The summed E-state index contributed by atoms with van der Waals surface area (Å²) in [6, 6.07) is -2.36. The van der Waals surface area contributed by atoms with Gasteiger partial charge >= 0.3 is 0 Å². The van der Waals surface area contributed by atoms with Crippen LogP contribution in [0.3, 0.4) is 0 Å². The van der Waals surface area contributed by atoms with Crippen LogP contribution in [0, 0.1) is 5.92 Å². The first-order valence-corrected chi connectivity index (χ1v) is 19.7. The largest absolute Gasteiger partial charge is 0.394 e. The van der Waals surface area contributed by atoms with Crippen molar-refractivity contribution in [1.29, 1.82) is 0 Å². The van der Waals surface area contributed by atoms with Gasteiger partial charge in [0.1, 0.15) is 85.5 Å². The van der Waals surface area contributed by atoms with Crippen molar-refractivity contribution in [2.24, 2.45) is 17.4 Å². The van der Waals surface area contributed by atoms with Gasteiger partial charge in [-0.2, -0.15) is 0 Å². The van der Waals surface area contributed by atoms with E-state index in [1.54, 1.807) is 20.8 Å². The van der Waals surface area contributed by atoms with Gasteiger partial charge in [0.05, 0.1) is 67.8 Å². The highest BCUT2D eigenvalue weighted by molar-refractivity contribution is 5.14. The molecule has 26 atom stereocenters. The van der Waals surface area contributed by atoms with Crippen molar-refractivity contribution in [3.05, 3.63) is 0 Å². The zero-order valence-electron chi connectivity index (χ0n) is 33.2. The average Bonchev–Trinajstić information content (AvgIpc) is 3.18. The summed E-state index contributed by atoms with van der Waals surface area (Å²) < 4.78 is 59.8. The third-order valence-corrected chi connectivity index (χ3v) is 11.8. The first-order valence-electron chi connectivity index (χ1n) is 19.7. The van der Waals surface area contributed by atoms with Crippen LogP contribution in [0.15, 0.2) is 0 Å². The van der Waals surface area contributed by atoms with E-state index in [-0.39, 0.29) is 0 Å². The van der Waals surface area contributed by atoms with Crippen LogP contribution < -0.4 is 11.5 Å². The molecule has 6 heterocycles. The Labute approximate surface area is 338 Å². The van der Waals surface area contributed by atoms with Gasteiger partial charge in [-0.3, -0.25) is 0 Å². The second-order valence-electron chi connectivity index (χ2n) is 17.1. The molecular weight excluding hydrogens is 800 g/mol. The van der Waals surface area contributed by atoms with Crippen molar-refractivity contribution >= 4 is 0 Å². The standard InChI is InChI=1S/C35H62N2O22/c1-9-17(40)22(45)25(48)29(51-9)35(59-33-28(24(47)19(42)12(7-39)54-33)56-32-26(49)23(46)18(41)10(2)52-32)14-11(6-38)53-30(16(37)27(14)57-35)50-8-13-20(43)21(44)15(36)31(55-13)58-34(3,4)5/h9-33,38-49H,6-8,36-37H2,1-5H3/t9?,10?,11?,12?,13?,14?,15?,16?,17?,18-,19?,20?,21+,22+,23?,24-,25?,26-,27-,28?,29-,30+,31-,32?,33-,35?/m0/s1. The Morgan fingerprint density at radius 3 is 1.73 bits per heavy atom. The molecule has 6 aliphatic rings. The van der Waals surface area contributed by atoms with Crippen molar-refractivity contribution in [2.75, 3.05) is 19.8 Å². The second-order valence-corrected chi connectivity index (χ2v) is 17.1. The van der Waals surface area contributed by atoms with E-state index in [9.17, 15) is 61.3 Å². The molecule has 6 saturated heterocycles. The minimum absolute atomic E-state index is 0.437. The number of hydrogen-bond acceptors (Lipinski definition) is 24. The highest BCUT2D eigenvalue weighted by Crippen LogP contribution is 2.54. The predicted molar refractivity (Wildman–Crippen MR) is 189 cm³/mol. The van der Waals surface area contributed by atoms with Crippen molar-refractivity contribution in [3.63, 3.8) is 0 Å². The Bertz CT molecular complexity index is 1380. The summed E-state index contributed by atoms with van der Waals surface area (Å²) in [7, 11) is 0. The molecule has 6 aliphatic heterocycles. The lowest BCUT2D eigenvalue weighted by Crippen LogP contribution is -2.83. The molecule has 344 valence electrons. The Hall–Kier alpha value is -0.960. The lowest BCUT2D eigenvalue weighted by molar-refractivity contribution is -0.508. The molecule has 0 bridgehead atoms. The molecule has 0 radical (unpaired) electrons. The van der Waals surface area contributed by atoms with Crippen LogP contribution in [-0.2, 0) is 47.4 Å². The summed E-state index contributed by atoms with van der Waals surface area (Å²) in [6.45, 7) is 5.87. The molecule has 0 saturated carbocycles. The van der Waals surface area contributed by atoms with Gasteiger partial charge in [0.25, 0.3) is 0 Å². The van der Waals surface area contributed by atoms with Crippen LogP contribution >= 0.6 is 0 Å². The van der Waals surface area contributed by atoms with Crippen LogP contribution in [-0.4, -0.2) is 240 Å². The molecule has 0 spiro atoms. The van der Waals surface area contributed by atoms with Crippen molar-refractivity contribution < 1.29 is 109 Å². The molecule has 16 N–H and O–H groups in total. The Kier molecular flexibility index (Phi) is 14.7. The Morgan fingerprint density at radius 1 is 0.559 bits per heavy atom. The minimum Gasteiger partial charge on any atom is -0.394 e. The number of ether oxygens (including phenoxy) is 10. The third-order valence-electron chi connectivity index (χ3n) is 11.8. The molecule has 6 rings (SSSR count). The molecular formula is C35H62N2O22. The van der Waals surface area contributed by atoms with E-state index in [1.807, 2.05) is 0 Å². The van der Waals surface area contributed by atoms with Gasteiger partial charge in [0, 0.05) is 0 Å². The average molecular weight is 863 g/mol. The fraction of sp³-hybridized carbons (Fsp3) is 1.00. The van der Waals surface area contributed by atoms with Gasteiger partial charge in [0.15, 0.2) is 25.2 Å². The summed E-state index contributed by atoms with van der Waals surface area (Å²) in [5.74, 6) is -3.66. The highest BCUT2D eigenvalue weighted by atomic mass is 16.8. The molecule has 24 nitrogen and oxygen atoms in total. The number of aliphatic hydroxyl groups excluding tert-OH is 12. The lowest BCUT2D eigenvalue weighted by atomic mass is 9.71. The van der Waals surface area contributed by atoms with Gasteiger partial charge in [-0.15, -0.1) is 0 Å². The van der Waals surface area contributed by atoms with E-state index in [4.69, 9.17) is 58.8 Å². The minimum atomic E-state index is -2.39. The van der Waals surface area contributed by atoms with Gasteiger partial charge in [-0.1, -0.05) is 0 Å². The summed E-state index contributed by atoms with van der Waals surface area (Å²) in [6.07, 6.45) is -35.0. The highest BCUT2D eigenvalue weighted by Gasteiger charge is 2.73. The van der Waals surface area contributed by atoms with Crippen molar-refractivity contribution in [1.82, 2.24) is 0 Å². The number of hydrogen-bond donors (Lipinski definition) is 14. The summed E-state index contributed by atoms with van der Waals surface area (Å²) in [5.41, 5.74) is 11.9. The summed E-state index contributed by atoms with van der Waals surface area (Å²) >= 11 is 0. The fourth-order valence-corrected chi connectivity index (χ4v) is 8.43. The third kappa shape index (κ3) is 8.94. The first-order chi connectivity index (χ1) is 27.6. The summed E-state index contributed by atoms with van der Waals surface area (Å²) in [5, 5.41) is 129. The molecule has 6 fully saturated rings. The molecule has 0 aromatic carbocycles. The van der Waals surface area contributed by atoms with E-state index in [1.165, 1.54) is 13.8 Å². The predicted octanol–water partition coefficient (Wildman–Crippen LogP) is -8.11.